The standard InChI is InChI=1S/C23H24BrN3O3/c1-14-3-5-21(29)17(11-14)19-13-20-18-12-16(24)4-6-22(18)30-23(27(20)25-19)7-9-26(10-8-23)15(2)28/h3-6,11-12,20,29H,7-10,13H2,1-2H3/t20-/m1/s1. The molecule has 2 aromatic carbocycles. The van der Waals surface area contributed by atoms with E-state index in [0.29, 0.717) is 32.4 Å². The van der Waals surface area contributed by atoms with E-state index in [0.717, 1.165) is 32.6 Å². The van der Waals surface area contributed by atoms with Gasteiger partial charge in [0.25, 0.3) is 0 Å². The molecule has 3 aliphatic heterocycles. The smallest absolute Gasteiger partial charge is 0.219 e. The Balaban J connectivity index is 1.58. The van der Waals surface area contributed by atoms with E-state index in [-0.39, 0.29) is 17.7 Å². The largest absolute Gasteiger partial charge is 0.507 e. The van der Waals surface area contributed by atoms with Gasteiger partial charge in [0, 0.05) is 54.9 Å². The van der Waals surface area contributed by atoms with Crippen molar-refractivity contribution in [3.8, 4) is 11.5 Å². The molecule has 1 fully saturated rings. The molecule has 3 aliphatic rings. The second-order valence-corrected chi connectivity index (χ2v) is 9.28. The van der Waals surface area contributed by atoms with Crippen LogP contribution in [-0.4, -0.2) is 45.4 Å². The van der Waals surface area contributed by atoms with Gasteiger partial charge in [0.1, 0.15) is 11.5 Å². The summed E-state index contributed by atoms with van der Waals surface area (Å²) < 4.78 is 7.59. The van der Waals surface area contributed by atoms with E-state index >= 15 is 0 Å². The predicted molar refractivity (Wildman–Crippen MR) is 118 cm³/mol. The third-order valence-electron chi connectivity index (χ3n) is 6.41. The van der Waals surface area contributed by atoms with Crippen LogP contribution in [0.15, 0.2) is 46.0 Å². The van der Waals surface area contributed by atoms with E-state index in [1.807, 2.05) is 36.1 Å². The number of hydrazone groups is 1. The molecule has 156 valence electrons. The van der Waals surface area contributed by atoms with E-state index in [1.54, 1.807) is 13.0 Å². The van der Waals surface area contributed by atoms with Crippen LogP contribution in [0.4, 0.5) is 0 Å². The van der Waals surface area contributed by atoms with Gasteiger partial charge in [-0.1, -0.05) is 27.6 Å². The monoisotopic (exact) mass is 469 g/mol. The Bertz CT molecular complexity index is 1060. The lowest BCUT2D eigenvalue weighted by molar-refractivity contribution is -0.158. The summed E-state index contributed by atoms with van der Waals surface area (Å²) in [4.78, 5) is 13.7. The van der Waals surface area contributed by atoms with Crippen LogP contribution in [0.5, 0.6) is 11.5 Å². The summed E-state index contributed by atoms with van der Waals surface area (Å²) in [6.45, 7) is 4.91. The fraction of sp³-hybridized carbons (Fsp3) is 0.391. The van der Waals surface area contributed by atoms with Crippen LogP contribution in [-0.2, 0) is 4.79 Å². The van der Waals surface area contributed by atoms with Gasteiger partial charge in [-0.3, -0.25) is 4.79 Å². The lowest BCUT2D eigenvalue weighted by atomic mass is 9.90. The summed E-state index contributed by atoms with van der Waals surface area (Å²) in [7, 11) is 0. The first-order valence-corrected chi connectivity index (χ1v) is 11.1. The molecule has 0 aromatic heterocycles. The van der Waals surface area contributed by atoms with Gasteiger partial charge in [-0.15, -0.1) is 0 Å². The minimum atomic E-state index is -0.585. The fourth-order valence-corrected chi connectivity index (χ4v) is 5.18. The minimum Gasteiger partial charge on any atom is -0.507 e. The van der Waals surface area contributed by atoms with Crippen LogP contribution in [0.2, 0.25) is 0 Å². The third kappa shape index (κ3) is 3.07. The number of hydrogen-bond donors (Lipinski definition) is 1. The number of halogens is 1. The third-order valence-corrected chi connectivity index (χ3v) is 6.90. The minimum absolute atomic E-state index is 0.0324. The number of phenolic OH excluding ortho intramolecular Hbond substituents is 1. The molecule has 2 aromatic rings. The van der Waals surface area contributed by atoms with Crippen molar-refractivity contribution in [2.24, 2.45) is 5.10 Å². The molecule has 1 atom stereocenters. The number of aromatic hydroxyl groups is 1. The second-order valence-electron chi connectivity index (χ2n) is 8.37. The Morgan fingerprint density at radius 2 is 2.00 bits per heavy atom. The number of amides is 1. The Morgan fingerprint density at radius 3 is 2.73 bits per heavy atom. The number of phenols is 1. The van der Waals surface area contributed by atoms with E-state index in [9.17, 15) is 9.90 Å². The number of aryl methyl sites for hydroxylation is 1. The van der Waals surface area contributed by atoms with Gasteiger partial charge in [0.15, 0.2) is 0 Å². The molecule has 6 nitrogen and oxygen atoms in total. The Morgan fingerprint density at radius 1 is 1.23 bits per heavy atom. The topological polar surface area (TPSA) is 65.4 Å². The molecule has 1 amide bonds. The number of benzene rings is 2. The Kier molecular flexibility index (Phi) is 4.54. The first-order chi connectivity index (χ1) is 14.4. The lowest BCUT2D eigenvalue weighted by Gasteiger charge is -2.51. The Hall–Kier alpha value is -2.54. The summed E-state index contributed by atoms with van der Waals surface area (Å²) in [5, 5.41) is 17.6. The number of likely N-dealkylation sites (tertiary alicyclic amines) is 1. The maximum atomic E-state index is 11.9. The number of rotatable bonds is 1. The number of carbonyl (C=O) groups excluding carboxylic acids is 1. The molecule has 1 saturated heterocycles. The van der Waals surface area contributed by atoms with Crippen LogP contribution < -0.4 is 4.74 Å². The highest BCUT2D eigenvalue weighted by Gasteiger charge is 2.52. The SMILES string of the molecule is CC(=O)N1CCC2(CC1)Oc1ccc(Br)cc1[C@H]1CC(c3cc(C)ccc3O)=NN12. The van der Waals surface area contributed by atoms with Crippen molar-refractivity contribution in [3.63, 3.8) is 0 Å². The molecule has 1 N–H and O–H groups in total. The average Bonchev–Trinajstić information content (AvgIpc) is 3.17. The van der Waals surface area contributed by atoms with Crippen molar-refractivity contribution in [2.75, 3.05) is 13.1 Å². The van der Waals surface area contributed by atoms with E-state index in [1.165, 1.54) is 0 Å². The zero-order valence-corrected chi connectivity index (χ0v) is 18.6. The van der Waals surface area contributed by atoms with Crippen LogP contribution in [0, 0.1) is 6.92 Å². The average molecular weight is 470 g/mol. The van der Waals surface area contributed by atoms with Gasteiger partial charge >= 0.3 is 0 Å². The lowest BCUT2D eigenvalue weighted by Crippen LogP contribution is -2.59. The molecule has 0 unspecified atom stereocenters. The molecule has 1 spiro atoms. The van der Waals surface area contributed by atoms with Gasteiger partial charge < -0.3 is 14.7 Å². The normalized spacial score (nSPS) is 21.7. The number of fused-ring (bicyclic) bond motifs is 4. The summed E-state index contributed by atoms with van der Waals surface area (Å²) in [5.41, 5.74) is 3.23. The van der Waals surface area contributed by atoms with Crippen molar-refractivity contribution in [2.45, 2.75) is 44.9 Å². The summed E-state index contributed by atoms with van der Waals surface area (Å²) >= 11 is 3.58. The van der Waals surface area contributed by atoms with Crippen molar-refractivity contribution in [1.82, 2.24) is 9.91 Å². The summed E-state index contributed by atoms with van der Waals surface area (Å²) in [5.74, 6) is 1.22. The summed E-state index contributed by atoms with van der Waals surface area (Å²) in [6.07, 6.45) is 2.08. The number of carbonyl (C=O) groups is 1. The van der Waals surface area contributed by atoms with Crippen LogP contribution >= 0.6 is 15.9 Å². The number of nitrogens with zero attached hydrogens (tertiary/aromatic N) is 3. The predicted octanol–water partition coefficient (Wildman–Crippen LogP) is 4.35. The van der Waals surface area contributed by atoms with Crippen LogP contribution in [0.3, 0.4) is 0 Å². The fourth-order valence-electron chi connectivity index (χ4n) is 4.80. The number of hydrogen-bond acceptors (Lipinski definition) is 5. The van der Waals surface area contributed by atoms with E-state index < -0.39 is 5.72 Å². The molecule has 0 radical (unpaired) electrons. The quantitative estimate of drug-likeness (QED) is 0.674. The van der Waals surface area contributed by atoms with Crippen molar-refractivity contribution >= 4 is 27.5 Å². The van der Waals surface area contributed by atoms with E-state index in [2.05, 4.69) is 27.0 Å². The highest BCUT2D eigenvalue weighted by Crippen LogP contribution is 2.50. The highest BCUT2D eigenvalue weighted by molar-refractivity contribution is 9.10. The van der Waals surface area contributed by atoms with Gasteiger partial charge in [-0.25, -0.2) is 5.01 Å². The molecule has 3 heterocycles. The van der Waals surface area contributed by atoms with E-state index in [4.69, 9.17) is 9.84 Å². The second kappa shape index (κ2) is 7.01. The van der Waals surface area contributed by atoms with Gasteiger partial charge in [0.05, 0.1) is 11.8 Å². The molecular formula is C23H24BrN3O3. The van der Waals surface area contributed by atoms with Crippen LogP contribution in [0.25, 0.3) is 0 Å². The number of ether oxygens (including phenoxy) is 1. The molecule has 5 rings (SSSR count). The zero-order chi connectivity index (χ0) is 21.0. The van der Waals surface area contributed by atoms with Crippen LogP contribution in [0.1, 0.15) is 48.9 Å². The number of piperidine rings is 1. The zero-order valence-electron chi connectivity index (χ0n) is 17.1. The van der Waals surface area contributed by atoms with Crippen molar-refractivity contribution in [3.05, 3.63) is 57.6 Å². The molecule has 0 saturated carbocycles. The molecule has 0 aliphatic carbocycles. The summed E-state index contributed by atoms with van der Waals surface area (Å²) in [6, 6.07) is 11.8. The maximum Gasteiger partial charge on any atom is 0.219 e. The molecule has 7 heteroatoms. The van der Waals surface area contributed by atoms with Crippen molar-refractivity contribution < 1.29 is 14.6 Å². The Labute approximate surface area is 184 Å². The van der Waals surface area contributed by atoms with Gasteiger partial charge in [-0.2, -0.15) is 5.10 Å². The van der Waals surface area contributed by atoms with Crippen molar-refractivity contribution in [1.29, 1.82) is 0 Å². The molecule has 0 bridgehead atoms. The maximum absolute atomic E-state index is 11.9. The molecular weight excluding hydrogens is 446 g/mol. The highest BCUT2D eigenvalue weighted by atomic mass is 79.9. The molecule has 30 heavy (non-hydrogen) atoms. The first-order valence-electron chi connectivity index (χ1n) is 10.3. The van der Waals surface area contributed by atoms with Gasteiger partial charge in [-0.05, 0) is 37.3 Å². The first kappa shape index (κ1) is 19.4. The van der Waals surface area contributed by atoms with Gasteiger partial charge in [0.2, 0.25) is 11.6 Å².